The van der Waals surface area contributed by atoms with Gasteiger partial charge in [-0.2, -0.15) is 0 Å². The van der Waals surface area contributed by atoms with Crippen molar-refractivity contribution in [3.63, 3.8) is 0 Å². The lowest BCUT2D eigenvalue weighted by atomic mass is 9.67. The van der Waals surface area contributed by atoms with Crippen molar-refractivity contribution < 1.29 is 8.42 Å². The summed E-state index contributed by atoms with van der Waals surface area (Å²) in [4.78, 5) is 0. The first-order valence-electron chi connectivity index (χ1n) is 3.78. The van der Waals surface area contributed by atoms with Gasteiger partial charge in [0.15, 0.2) is 9.84 Å². The molecule has 2 fully saturated rings. The molecule has 2 aliphatic rings. The zero-order chi connectivity index (χ0) is 7.41. The molecule has 10 heavy (non-hydrogen) atoms. The van der Waals surface area contributed by atoms with Crippen molar-refractivity contribution in [3.8, 4) is 0 Å². The number of rotatable bonds is 0. The van der Waals surface area contributed by atoms with Crippen molar-refractivity contribution in [2.75, 3.05) is 5.75 Å². The van der Waals surface area contributed by atoms with Crippen LogP contribution >= 0.6 is 0 Å². The molecular formula is C7H12O2S. The molecule has 58 valence electrons. The Labute approximate surface area is 61.5 Å². The molecule has 1 saturated heterocycles. The van der Waals surface area contributed by atoms with Gasteiger partial charge in [0.25, 0.3) is 0 Å². The van der Waals surface area contributed by atoms with E-state index in [9.17, 15) is 8.42 Å². The fourth-order valence-corrected chi connectivity index (χ4v) is 4.48. The van der Waals surface area contributed by atoms with Crippen molar-refractivity contribution in [1.29, 1.82) is 0 Å². The third-order valence-electron chi connectivity index (χ3n) is 3.24. The average Bonchev–Trinajstić information content (AvgIpc) is 1.78. The zero-order valence-electron chi connectivity index (χ0n) is 6.13. The first-order valence-corrected chi connectivity index (χ1v) is 5.50. The maximum atomic E-state index is 11.0. The topological polar surface area (TPSA) is 34.1 Å². The summed E-state index contributed by atoms with van der Waals surface area (Å²) in [7, 11) is -2.63. The minimum Gasteiger partial charge on any atom is -0.229 e. The second-order valence-electron chi connectivity index (χ2n) is 3.67. The van der Waals surface area contributed by atoms with Crippen LogP contribution in [0.25, 0.3) is 0 Å². The van der Waals surface area contributed by atoms with E-state index in [-0.39, 0.29) is 10.7 Å². The average molecular weight is 160 g/mol. The molecule has 0 aromatic heterocycles. The van der Waals surface area contributed by atoms with Gasteiger partial charge in [0.2, 0.25) is 0 Å². The molecule has 1 spiro atoms. The Morgan fingerprint density at radius 1 is 1.40 bits per heavy atom. The molecule has 0 N–H and O–H groups in total. The minimum absolute atomic E-state index is 0.0336. The van der Waals surface area contributed by atoms with Crippen LogP contribution in [0.3, 0.4) is 0 Å². The van der Waals surface area contributed by atoms with E-state index in [2.05, 4.69) is 0 Å². The van der Waals surface area contributed by atoms with E-state index in [0.717, 1.165) is 12.8 Å². The number of sulfone groups is 1. The van der Waals surface area contributed by atoms with E-state index in [1.165, 1.54) is 6.42 Å². The summed E-state index contributed by atoms with van der Waals surface area (Å²) in [5.74, 6) is 0.473. The van der Waals surface area contributed by atoms with Gasteiger partial charge in [-0.25, -0.2) is 8.42 Å². The fourth-order valence-electron chi connectivity index (χ4n) is 2.11. The molecule has 0 radical (unpaired) electrons. The quantitative estimate of drug-likeness (QED) is 0.529. The van der Waals surface area contributed by atoms with E-state index in [0.29, 0.717) is 5.75 Å². The van der Waals surface area contributed by atoms with Gasteiger partial charge in [-0.05, 0) is 19.8 Å². The second-order valence-corrected chi connectivity index (χ2v) is 5.99. The Bertz CT molecular complexity index is 249. The maximum absolute atomic E-state index is 11.0. The van der Waals surface area contributed by atoms with Gasteiger partial charge >= 0.3 is 0 Å². The highest BCUT2D eigenvalue weighted by Crippen LogP contribution is 2.54. The van der Waals surface area contributed by atoms with E-state index < -0.39 is 9.84 Å². The molecule has 2 nitrogen and oxygen atoms in total. The molecule has 1 unspecified atom stereocenters. The van der Waals surface area contributed by atoms with Gasteiger partial charge in [-0.3, -0.25) is 0 Å². The molecule has 3 heteroatoms. The van der Waals surface area contributed by atoms with Crippen LogP contribution in [0.15, 0.2) is 0 Å². The monoisotopic (exact) mass is 160 g/mol. The van der Waals surface area contributed by atoms with Crippen molar-refractivity contribution in [2.45, 2.75) is 31.4 Å². The highest BCUT2D eigenvalue weighted by Gasteiger charge is 2.58. The summed E-state index contributed by atoms with van der Waals surface area (Å²) in [5.41, 5.74) is 0.249. The molecule has 1 saturated carbocycles. The third kappa shape index (κ3) is 0.570. The van der Waals surface area contributed by atoms with Crippen LogP contribution in [0.5, 0.6) is 0 Å². The van der Waals surface area contributed by atoms with Crippen LogP contribution in [0.1, 0.15) is 26.2 Å². The normalized spacial score (nSPS) is 40.3. The zero-order valence-corrected chi connectivity index (χ0v) is 6.95. The molecular weight excluding hydrogens is 148 g/mol. The molecule has 0 aromatic rings. The van der Waals surface area contributed by atoms with E-state index in [1.54, 1.807) is 0 Å². The summed E-state index contributed by atoms with van der Waals surface area (Å²) in [5, 5.41) is -0.0336. The molecule has 1 aliphatic carbocycles. The van der Waals surface area contributed by atoms with Crippen molar-refractivity contribution in [3.05, 3.63) is 0 Å². The van der Waals surface area contributed by atoms with Crippen molar-refractivity contribution >= 4 is 9.84 Å². The summed E-state index contributed by atoms with van der Waals surface area (Å²) >= 11 is 0. The minimum atomic E-state index is -2.63. The van der Waals surface area contributed by atoms with E-state index >= 15 is 0 Å². The Morgan fingerprint density at radius 2 is 2.00 bits per heavy atom. The molecule has 1 heterocycles. The second kappa shape index (κ2) is 1.58. The predicted molar refractivity (Wildman–Crippen MR) is 39.5 cm³/mol. The Hall–Kier alpha value is -0.0500. The van der Waals surface area contributed by atoms with Gasteiger partial charge in [-0.15, -0.1) is 0 Å². The summed E-state index contributed by atoms with van der Waals surface area (Å²) in [6.07, 6.45) is 3.53. The SMILES string of the molecule is CC1C2(CCC2)CS1(=O)=O. The summed E-state index contributed by atoms with van der Waals surface area (Å²) in [6.45, 7) is 1.86. The maximum Gasteiger partial charge on any atom is 0.154 e. The lowest BCUT2D eigenvalue weighted by molar-refractivity contribution is 0.135. The molecule has 0 aromatic carbocycles. The van der Waals surface area contributed by atoms with Crippen LogP contribution in [-0.4, -0.2) is 19.4 Å². The molecule has 0 bridgehead atoms. The van der Waals surface area contributed by atoms with E-state index in [4.69, 9.17) is 0 Å². The largest absolute Gasteiger partial charge is 0.229 e. The van der Waals surface area contributed by atoms with Crippen LogP contribution in [0, 0.1) is 5.41 Å². The summed E-state index contributed by atoms with van der Waals surface area (Å²) in [6, 6.07) is 0. The van der Waals surface area contributed by atoms with E-state index in [1.807, 2.05) is 6.92 Å². The smallest absolute Gasteiger partial charge is 0.154 e. The first-order chi connectivity index (χ1) is 4.57. The highest BCUT2D eigenvalue weighted by atomic mass is 32.2. The van der Waals surface area contributed by atoms with Gasteiger partial charge in [0.05, 0.1) is 11.0 Å². The Balaban J connectivity index is 2.23. The summed E-state index contributed by atoms with van der Waals surface area (Å²) < 4.78 is 22.1. The van der Waals surface area contributed by atoms with Crippen LogP contribution < -0.4 is 0 Å². The van der Waals surface area contributed by atoms with Crippen molar-refractivity contribution in [2.24, 2.45) is 5.41 Å². The number of hydrogen-bond acceptors (Lipinski definition) is 2. The molecule has 0 amide bonds. The van der Waals surface area contributed by atoms with Crippen LogP contribution in [0.4, 0.5) is 0 Å². The molecule has 1 aliphatic heterocycles. The van der Waals surface area contributed by atoms with Gasteiger partial charge in [0.1, 0.15) is 0 Å². The standard InChI is InChI=1S/C7H12O2S/c1-6-7(3-2-4-7)5-10(6,8)9/h6H,2-5H2,1H3. The van der Waals surface area contributed by atoms with Gasteiger partial charge < -0.3 is 0 Å². The van der Waals surface area contributed by atoms with Crippen LogP contribution in [-0.2, 0) is 9.84 Å². The number of hydrogen-bond donors (Lipinski definition) is 0. The highest BCUT2D eigenvalue weighted by molar-refractivity contribution is 7.93. The molecule has 2 rings (SSSR count). The van der Waals surface area contributed by atoms with Crippen molar-refractivity contribution in [1.82, 2.24) is 0 Å². The Kier molecular flexibility index (Phi) is 1.05. The lowest BCUT2D eigenvalue weighted by Gasteiger charge is -2.53. The van der Waals surface area contributed by atoms with Crippen LogP contribution in [0.2, 0.25) is 0 Å². The third-order valence-corrected chi connectivity index (χ3v) is 5.79. The molecule has 1 atom stereocenters. The van der Waals surface area contributed by atoms with Gasteiger partial charge in [-0.1, -0.05) is 6.42 Å². The fraction of sp³-hybridized carbons (Fsp3) is 1.00. The lowest BCUT2D eigenvalue weighted by Crippen LogP contribution is -2.59. The predicted octanol–water partition coefficient (Wildman–Crippen LogP) is 0.974. The first kappa shape index (κ1) is 6.65. The van der Waals surface area contributed by atoms with Gasteiger partial charge in [0, 0.05) is 5.41 Å². The Morgan fingerprint density at radius 3 is 2.10 bits per heavy atom.